The normalized spacial score (nSPS) is 23.8. The number of nitrogens with zero attached hydrogens (tertiary/aromatic N) is 1. The molecular weight excluding hydrogens is 234 g/mol. The highest BCUT2D eigenvalue weighted by molar-refractivity contribution is 6.08. The Morgan fingerprint density at radius 1 is 0.947 bits per heavy atom. The van der Waals surface area contributed by atoms with E-state index in [1.807, 2.05) is 31.3 Å². The number of amides is 1. The zero-order chi connectivity index (χ0) is 13.0. The van der Waals surface area contributed by atoms with E-state index in [9.17, 15) is 4.79 Å². The fraction of sp³-hybridized carbons (Fsp3) is 0.235. The lowest BCUT2D eigenvalue weighted by Gasteiger charge is -2.24. The van der Waals surface area contributed by atoms with Crippen LogP contribution < -0.4 is 4.90 Å². The van der Waals surface area contributed by atoms with E-state index >= 15 is 0 Å². The lowest BCUT2D eigenvalue weighted by atomic mass is 9.95. The average Bonchev–Trinajstić information content (AvgIpc) is 3.25. The molecule has 1 aliphatic heterocycles. The molecule has 1 fully saturated rings. The van der Waals surface area contributed by atoms with E-state index in [0.29, 0.717) is 11.8 Å². The van der Waals surface area contributed by atoms with Crippen LogP contribution in [0.5, 0.6) is 0 Å². The van der Waals surface area contributed by atoms with Crippen molar-refractivity contribution in [3.05, 3.63) is 65.2 Å². The van der Waals surface area contributed by atoms with Gasteiger partial charge in [-0.05, 0) is 41.5 Å². The van der Waals surface area contributed by atoms with Crippen LogP contribution in [0.3, 0.4) is 0 Å². The zero-order valence-electron chi connectivity index (χ0n) is 10.8. The van der Waals surface area contributed by atoms with E-state index in [2.05, 4.69) is 24.3 Å². The third-order valence-corrected chi connectivity index (χ3v) is 4.38. The Balaban J connectivity index is 1.95. The Morgan fingerprint density at radius 2 is 1.58 bits per heavy atom. The summed E-state index contributed by atoms with van der Waals surface area (Å²) in [5.41, 5.74) is 4.47. The van der Waals surface area contributed by atoms with Gasteiger partial charge in [0.1, 0.15) is 0 Å². The summed E-state index contributed by atoms with van der Waals surface area (Å²) in [4.78, 5) is 14.4. The quantitative estimate of drug-likeness (QED) is 0.699. The van der Waals surface area contributed by atoms with Crippen molar-refractivity contribution in [1.82, 2.24) is 0 Å². The molecule has 2 heteroatoms. The first kappa shape index (κ1) is 10.8. The lowest BCUT2D eigenvalue weighted by molar-refractivity contribution is 0.0991. The number of benzene rings is 2. The second-order valence-electron chi connectivity index (χ2n) is 5.46. The molecule has 4 rings (SSSR count). The summed E-state index contributed by atoms with van der Waals surface area (Å²) in [5, 5.41) is 0. The van der Waals surface area contributed by atoms with Crippen molar-refractivity contribution in [2.75, 3.05) is 11.9 Å². The molecule has 2 aromatic rings. The van der Waals surface area contributed by atoms with Gasteiger partial charge in [0.2, 0.25) is 0 Å². The maximum Gasteiger partial charge on any atom is 0.258 e. The van der Waals surface area contributed by atoms with Gasteiger partial charge in [-0.15, -0.1) is 0 Å². The molecule has 0 saturated heterocycles. The fourth-order valence-electron chi connectivity index (χ4n) is 3.29. The van der Waals surface area contributed by atoms with E-state index in [1.54, 1.807) is 4.90 Å². The highest BCUT2D eigenvalue weighted by atomic mass is 16.2. The topological polar surface area (TPSA) is 20.3 Å². The second kappa shape index (κ2) is 3.70. The van der Waals surface area contributed by atoms with Crippen molar-refractivity contribution in [3.8, 4) is 0 Å². The summed E-state index contributed by atoms with van der Waals surface area (Å²) in [6, 6.07) is 16.4. The van der Waals surface area contributed by atoms with Crippen LogP contribution in [0, 0.1) is 0 Å². The molecule has 0 N–H and O–H groups in total. The predicted octanol–water partition coefficient (Wildman–Crippen LogP) is 3.55. The molecule has 0 unspecified atom stereocenters. The molecule has 0 radical (unpaired) electrons. The van der Waals surface area contributed by atoms with E-state index in [-0.39, 0.29) is 5.91 Å². The maximum absolute atomic E-state index is 12.6. The van der Waals surface area contributed by atoms with Crippen molar-refractivity contribution < 1.29 is 4.79 Å². The number of rotatable bonds is 0. The standard InChI is InChI=1S/C17H15NO/c1-18-16-9-5-4-7-12(16)15-10-14(15)11-6-2-3-8-13(11)17(18)19/h2-9,14-15H,10H2,1H3/t14-,15+/m1/s1. The minimum atomic E-state index is 0.105. The summed E-state index contributed by atoms with van der Waals surface area (Å²) < 4.78 is 0. The van der Waals surface area contributed by atoms with Crippen molar-refractivity contribution in [1.29, 1.82) is 0 Å². The molecule has 1 amide bonds. The lowest BCUT2D eigenvalue weighted by Crippen LogP contribution is -2.29. The van der Waals surface area contributed by atoms with Gasteiger partial charge in [-0.25, -0.2) is 0 Å². The van der Waals surface area contributed by atoms with Crippen LogP contribution in [0.4, 0.5) is 5.69 Å². The number of anilines is 1. The molecule has 2 nitrogen and oxygen atoms in total. The van der Waals surface area contributed by atoms with Gasteiger partial charge in [0.25, 0.3) is 5.91 Å². The number of carbonyl (C=O) groups is 1. The minimum Gasteiger partial charge on any atom is -0.311 e. The molecule has 0 spiro atoms. The van der Waals surface area contributed by atoms with Gasteiger partial charge in [0, 0.05) is 18.3 Å². The van der Waals surface area contributed by atoms with Crippen LogP contribution in [0.15, 0.2) is 48.5 Å². The van der Waals surface area contributed by atoms with E-state index < -0.39 is 0 Å². The molecule has 0 aromatic heterocycles. The highest BCUT2D eigenvalue weighted by Crippen LogP contribution is 2.58. The average molecular weight is 249 g/mol. The largest absolute Gasteiger partial charge is 0.311 e. The van der Waals surface area contributed by atoms with Gasteiger partial charge in [-0.2, -0.15) is 0 Å². The molecule has 0 bridgehead atoms. The molecule has 1 heterocycles. The van der Waals surface area contributed by atoms with E-state index in [4.69, 9.17) is 0 Å². The van der Waals surface area contributed by atoms with Gasteiger partial charge in [0.15, 0.2) is 0 Å². The van der Waals surface area contributed by atoms with E-state index in [1.165, 1.54) is 11.1 Å². The number of para-hydroxylation sites is 1. The minimum absolute atomic E-state index is 0.105. The highest BCUT2D eigenvalue weighted by Gasteiger charge is 2.44. The first-order valence-corrected chi connectivity index (χ1v) is 6.73. The fourth-order valence-corrected chi connectivity index (χ4v) is 3.29. The zero-order valence-corrected chi connectivity index (χ0v) is 10.8. The van der Waals surface area contributed by atoms with Crippen LogP contribution in [0.1, 0.15) is 39.7 Å². The second-order valence-corrected chi connectivity index (χ2v) is 5.46. The van der Waals surface area contributed by atoms with Crippen LogP contribution in [0.2, 0.25) is 0 Å². The number of carbonyl (C=O) groups excluding carboxylic acids is 1. The molecule has 1 saturated carbocycles. The molecule has 2 aromatic carbocycles. The smallest absolute Gasteiger partial charge is 0.258 e. The summed E-state index contributed by atoms with van der Waals surface area (Å²) in [7, 11) is 1.88. The Hall–Kier alpha value is -2.09. The summed E-state index contributed by atoms with van der Waals surface area (Å²) >= 11 is 0. The van der Waals surface area contributed by atoms with Crippen molar-refractivity contribution in [2.45, 2.75) is 18.3 Å². The molecule has 1 aliphatic carbocycles. The first-order valence-electron chi connectivity index (χ1n) is 6.73. The monoisotopic (exact) mass is 249 g/mol. The summed E-state index contributed by atoms with van der Waals surface area (Å²) in [6.45, 7) is 0. The van der Waals surface area contributed by atoms with Gasteiger partial charge in [-0.1, -0.05) is 36.4 Å². The molecule has 2 aliphatic rings. The summed E-state index contributed by atoms with van der Waals surface area (Å²) in [6.07, 6.45) is 1.16. The van der Waals surface area contributed by atoms with Gasteiger partial charge < -0.3 is 4.90 Å². The predicted molar refractivity (Wildman–Crippen MR) is 75.7 cm³/mol. The Morgan fingerprint density at radius 3 is 2.42 bits per heavy atom. The van der Waals surface area contributed by atoms with Crippen LogP contribution in [-0.2, 0) is 0 Å². The van der Waals surface area contributed by atoms with Crippen molar-refractivity contribution in [3.63, 3.8) is 0 Å². The SMILES string of the molecule is CN1C(=O)c2ccccc2[C@H]2C[C@H]2c2ccccc21. The van der Waals surface area contributed by atoms with Crippen LogP contribution in [0.25, 0.3) is 0 Å². The maximum atomic E-state index is 12.6. The Kier molecular flexibility index (Phi) is 2.10. The van der Waals surface area contributed by atoms with Crippen molar-refractivity contribution >= 4 is 11.6 Å². The van der Waals surface area contributed by atoms with Crippen LogP contribution >= 0.6 is 0 Å². The first-order chi connectivity index (χ1) is 9.27. The molecule has 19 heavy (non-hydrogen) atoms. The molecule has 2 atom stereocenters. The van der Waals surface area contributed by atoms with Gasteiger partial charge in [-0.3, -0.25) is 4.79 Å². The molecule has 94 valence electrons. The van der Waals surface area contributed by atoms with Crippen LogP contribution in [-0.4, -0.2) is 13.0 Å². The molecular formula is C17H15NO. The number of hydrogen-bond donors (Lipinski definition) is 0. The summed E-state index contributed by atoms with van der Waals surface area (Å²) in [5.74, 6) is 1.20. The number of hydrogen-bond acceptors (Lipinski definition) is 1. The number of fused-ring (bicyclic) bond motifs is 5. The Bertz CT molecular complexity index is 676. The van der Waals surface area contributed by atoms with Crippen molar-refractivity contribution in [2.24, 2.45) is 0 Å². The third-order valence-electron chi connectivity index (χ3n) is 4.38. The Labute approximate surface area is 112 Å². The van der Waals surface area contributed by atoms with E-state index in [0.717, 1.165) is 17.7 Å². The third kappa shape index (κ3) is 1.46. The van der Waals surface area contributed by atoms with Gasteiger partial charge in [0.05, 0.1) is 0 Å². The van der Waals surface area contributed by atoms with Gasteiger partial charge >= 0.3 is 0 Å².